The van der Waals surface area contributed by atoms with Crippen LogP contribution in [0.25, 0.3) is 0 Å². The van der Waals surface area contributed by atoms with Crippen LogP contribution in [0.15, 0.2) is 41.0 Å². The molecule has 19 heavy (non-hydrogen) atoms. The summed E-state index contributed by atoms with van der Waals surface area (Å²) in [5.74, 6) is 0.0665. The Balaban J connectivity index is 2.06. The molecule has 0 bridgehead atoms. The summed E-state index contributed by atoms with van der Waals surface area (Å²) < 4.78 is 5.13. The van der Waals surface area contributed by atoms with Crippen molar-refractivity contribution in [1.82, 2.24) is 0 Å². The van der Waals surface area contributed by atoms with Gasteiger partial charge < -0.3 is 15.5 Å². The molecule has 0 saturated carbocycles. The second-order valence-corrected chi connectivity index (χ2v) is 4.75. The number of amides is 1. The first-order valence-electron chi connectivity index (χ1n) is 5.79. The van der Waals surface area contributed by atoms with Crippen molar-refractivity contribution in [3.8, 4) is 0 Å². The third-order valence-electron chi connectivity index (χ3n) is 2.66. The number of hydrogen-bond acceptors (Lipinski definition) is 3. The number of thiocarbonyl (C=S) groups is 1. The third-order valence-corrected chi connectivity index (χ3v) is 2.80. The molecule has 1 amide bonds. The Bertz CT molecular complexity index is 602. The van der Waals surface area contributed by atoms with Crippen LogP contribution >= 0.6 is 12.2 Å². The van der Waals surface area contributed by atoms with Gasteiger partial charge in [0.05, 0.1) is 11.3 Å². The normalized spacial score (nSPS) is 10.2. The fraction of sp³-hybridized carbons (Fsp3) is 0.143. The highest BCUT2D eigenvalue weighted by Crippen LogP contribution is 2.14. The number of benzene rings is 1. The number of hydrogen-bond donors (Lipinski definition) is 2. The van der Waals surface area contributed by atoms with Gasteiger partial charge in [-0.2, -0.15) is 0 Å². The average Bonchev–Trinajstić information content (AvgIpc) is 2.77. The van der Waals surface area contributed by atoms with E-state index in [1.165, 1.54) is 6.26 Å². The van der Waals surface area contributed by atoms with Crippen LogP contribution in [-0.2, 0) is 6.42 Å². The van der Waals surface area contributed by atoms with Gasteiger partial charge in [-0.3, -0.25) is 4.79 Å². The van der Waals surface area contributed by atoms with Crippen molar-refractivity contribution in [1.29, 1.82) is 0 Å². The molecule has 5 heteroatoms. The second-order valence-electron chi connectivity index (χ2n) is 4.23. The Morgan fingerprint density at radius 1 is 1.32 bits per heavy atom. The van der Waals surface area contributed by atoms with Crippen LogP contribution < -0.4 is 11.1 Å². The van der Waals surface area contributed by atoms with E-state index >= 15 is 0 Å². The summed E-state index contributed by atoms with van der Waals surface area (Å²) >= 11 is 4.84. The lowest BCUT2D eigenvalue weighted by atomic mass is 10.1. The Hall–Kier alpha value is -2.14. The van der Waals surface area contributed by atoms with Gasteiger partial charge in [0.2, 0.25) is 0 Å². The van der Waals surface area contributed by atoms with E-state index in [0.717, 1.165) is 11.1 Å². The molecule has 0 aliphatic rings. The number of nitrogens with two attached hydrogens (primary N) is 1. The number of aryl methyl sites for hydroxylation is 1. The van der Waals surface area contributed by atoms with Crippen molar-refractivity contribution >= 4 is 28.8 Å². The first-order valence-corrected chi connectivity index (χ1v) is 6.20. The van der Waals surface area contributed by atoms with E-state index in [2.05, 4.69) is 5.32 Å². The van der Waals surface area contributed by atoms with E-state index in [9.17, 15) is 4.79 Å². The summed E-state index contributed by atoms with van der Waals surface area (Å²) in [4.78, 5) is 12.4. The summed E-state index contributed by atoms with van der Waals surface area (Å²) in [5, 5.41) is 2.77. The van der Waals surface area contributed by atoms with Gasteiger partial charge in [-0.1, -0.05) is 24.4 Å². The molecule has 0 atom stereocenters. The topological polar surface area (TPSA) is 68.3 Å². The third kappa shape index (κ3) is 3.42. The van der Waals surface area contributed by atoms with Gasteiger partial charge in [-0.25, -0.2) is 0 Å². The Labute approximate surface area is 116 Å². The SMILES string of the molecule is Cc1ccoc1C(=O)Nc1ccc(CC(N)=S)cc1. The smallest absolute Gasteiger partial charge is 0.291 e. The molecule has 2 aromatic rings. The molecule has 3 N–H and O–H groups in total. The lowest BCUT2D eigenvalue weighted by Crippen LogP contribution is -2.13. The fourth-order valence-electron chi connectivity index (χ4n) is 1.70. The van der Waals surface area contributed by atoms with Gasteiger partial charge in [0.15, 0.2) is 5.76 Å². The van der Waals surface area contributed by atoms with Crippen molar-refractivity contribution < 1.29 is 9.21 Å². The molecular formula is C14H14N2O2S. The summed E-state index contributed by atoms with van der Waals surface area (Å²) in [6.07, 6.45) is 2.05. The molecule has 0 unspecified atom stereocenters. The maximum absolute atomic E-state index is 11.9. The van der Waals surface area contributed by atoms with E-state index in [-0.39, 0.29) is 5.91 Å². The highest BCUT2D eigenvalue weighted by Gasteiger charge is 2.12. The molecule has 2 rings (SSSR count). The van der Waals surface area contributed by atoms with Crippen molar-refractivity contribution in [2.45, 2.75) is 13.3 Å². The summed E-state index contributed by atoms with van der Waals surface area (Å²) in [6.45, 7) is 1.82. The summed E-state index contributed by atoms with van der Waals surface area (Å²) in [7, 11) is 0. The zero-order chi connectivity index (χ0) is 13.8. The molecule has 98 valence electrons. The molecule has 0 aliphatic carbocycles. The molecule has 0 spiro atoms. The highest BCUT2D eigenvalue weighted by atomic mass is 32.1. The molecular weight excluding hydrogens is 260 g/mol. The van der Waals surface area contributed by atoms with Crippen molar-refractivity contribution in [3.05, 3.63) is 53.5 Å². The van der Waals surface area contributed by atoms with Gasteiger partial charge >= 0.3 is 0 Å². The monoisotopic (exact) mass is 274 g/mol. The number of carbonyl (C=O) groups excluding carboxylic acids is 1. The zero-order valence-corrected chi connectivity index (χ0v) is 11.3. The number of nitrogens with one attached hydrogen (secondary N) is 1. The molecule has 0 fully saturated rings. The number of anilines is 1. The summed E-state index contributed by atoms with van der Waals surface area (Å²) in [6, 6.07) is 9.13. The first kappa shape index (κ1) is 13.3. The average molecular weight is 274 g/mol. The predicted octanol–water partition coefficient (Wildman–Crippen LogP) is 2.67. The van der Waals surface area contributed by atoms with Gasteiger partial charge in [-0.15, -0.1) is 0 Å². The van der Waals surface area contributed by atoms with Crippen LogP contribution in [0.2, 0.25) is 0 Å². The van der Waals surface area contributed by atoms with Gasteiger partial charge in [-0.05, 0) is 30.7 Å². The number of rotatable bonds is 4. The molecule has 4 nitrogen and oxygen atoms in total. The minimum atomic E-state index is -0.260. The van der Waals surface area contributed by atoms with Crippen LogP contribution in [0.1, 0.15) is 21.7 Å². The van der Waals surface area contributed by atoms with Crippen LogP contribution in [-0.4, -0.2) is 10.9 Å². The highest BCUT2D eigenvalue weighted by molar-refractivity contribution is 7.80. The van der Waals surface area contributed by atoms with E-state index in [4.69, 9.17) is 22.4 Å². The minimum absolute atomic E-state index is 0.260. The first-order chi connectivity index (χ1) is 9.06. The van der Waals surface area contributed by atoms with Crippen molar-refractivity contribution in [3.63, 3.8) is 0 Å². The number of carbonyl (C=O) groups is 1. The van der Waals surface area contributed by atoms with Gasteiger partial charge in [0.1, 0.15) is 0 Å². The molecule has 0 radical (unpaired) electrons. The van der Waals surface area contributed by atoms with Gasteiger partial charge in [0.25, 0.3) is 5.91 Å². The number of furan rings is 1. The maximum Gasteiger partial charge on any atom is 0.291 e. The van der Waals surface area contributed by atoms with Crippen LogP contribution in [0.5, 0.6) is 0 Å². The fourth-order valence-corrected chi connectivity index (χ4v) is 1.87. The quantitative estimate of drug-likeness (QED) is 0.841. The van der Waals surface area contributed by atoms with Crippen LogP contribution in [0.4, 0.5) is 5.69 Å². The predicted molar refractivity (Wildman–Crippen MR) is 78.3 cm³/mol. The largest absolute Gasteiger partial charge is 0.459 e. The molecule has 1 heterocycles. The molecule has 1 aromatic heterocycles. The van der Waals surface area contributed by atoms with E-state index < -0.39 is 0 Å². The van der Waals surface area contributed by atoms with Gasteiger partial charge in [0, 0.05) is 17.7 Å². The summed E-state index contributed by atoms with van der Waals surface area (Å²) in [5.41, 5.74) is 8.00. The lowest BCUT2D eigenvalue weighted by molar-refractivity contribution is 0.0996. The van der Waals surface area contributed by atoms with Crippen LogP contribution in [0, 0.1) is 6.92 Å². The second kappa shape index (κ2) is 5.67. The maximum atomic E-state index is 11.9. The van der Waals surface area contributed by atoms with Crippen molar-refractivity contribution in [2.75, 3.05) is 5.32 Å². The van der Waals surface area contributed by atoms with Crippen molar-refractivity contribution in [2.24, 2.45) is 5.73 Å². The Kier molecular flexibility index (Phi) is 3.97. The molecule has 0 aliphatic heterocycles. The van der Waals surface area contributed by atoms with E-state index in [1.54, 1.807) is 6.07 Å². The standard InChI is InChI=1S/C14H14N2O2S/c1-9-6-7-18-13(9)14(17)16-11-4-2-10(3-5-11)8-12(15)19/h2-7H,8H2,1H3,(H2,15,19)(H,16,17). The minimum Gasteiger partial charge on any atom is -0.459 e. The van der Waals surface area contributed by atoms with E-state index in [1.807, 2.05) is 31.2 Å². The lowest BCUT2D eigenvalue weighted by Gasteiger charge is -2.05. The molecule has 1 aromatic carbocycles. The molecule has 0 saturated heterocycles. The Morgan fingerprint density at radius 2 is 2.00 bits per heavy atom. The Morgan fingerprint density at radius 3 is 2.53 bits per heavy atom. The van der Waals surface area contributed by atoms with E-state index in [0.29, 0.717) is 22.9 Å². The zero-order valence-electron chi connectivity index (χ0n) is 10.5. The van der Waals surface area contributed by atoms with Crippen LogP contribution in [0.3, 0.4) is 0 Å².